The molecule has 2 aliphatic heterocycles. The first-order valence-corrected chi connectivity index (χ1v) is 7.30. The van der Waals surface area contributed by atoms with Gasteiger partial charge in [-0.15, -0.1) is 0 Å². The van der Waals surface area contributed by atoms with Crippen molar-refractivity contribution in [3.63, 3.8) is 0 Å². The molecule has 0 aromatic carbocycles. The van der Waals surface area contributed by atoms with Crippen LogP contribution in [0.3, 0.4) is 0 Å². The molecule has 1 saturated carbocycles. The summed E-state index contributed by atoms with van der Waals surface area (Å²) < 4.78 is 0. The summed E-state index contributed by atoms with van der Waals surface area (Å²) in [5.41, 5.74) is 0.498. The van der Waals surface area contributed by atoms with E-state index in [0.29, 0.717) is 5.41 Å². The SMILES string of the molecule is CCN1CCN(C(=O)N2CC3C(C2)C3(C)C)CC1. The Labute approximate surface area is 110 Å². The minimum absolute atomic E-state index is 0.286. The van der Waals surface area contributed by atoms with Crippen LogP contribution in [0.2, 0.25) is 0 Å². The molecule has 3 rings (SSSR count). The molecule has 0 bridgehead atoms. The zero-order valence-electron chi connectivity index (χ0n) is 11.9. The third kappa shape index (κ3) is 1.81. The Hall–Kier alpha value is -0.770. The molecule has 0 radical (unpaired) electrons. The summed E-state index contributed by atoms with van der Waals surface area (Å²) >= 11 is 0. The Morgan fingerprint density at radius 3 is 2.11 bits per heavy atom. The van der Waals surface area contributed by atoms with Gasteiger partial charge in [-0.25, -0.2) is 4.79 Å². The highest BCUT2D eigenvalue weighted by Gasteiger charge is 2.62. The van der Waals surface area contributed by atoms with Crippen molar-refractivity contribution in [1.82, 2.24) is 14.7 Å². The van der Waals surface area contributed by atoms with Crippen LogP contribution in [0.1, 0.15) is 20.8 Å². The van der Waals surface area contributed by atoms with Gasteiger partial charge in [0.15, 0.2) is 0 Å². The molecule has 2 atom stereocenters. The van der Waals surface area contributed by atoms with Crippen LogP contribution < -0.4 is 0 Å². The van der Waals surface area contributed by atoms with Crippen molar-refractivity contribution in [2.75, 3.05) is 45.8 Å². The van der Waals surface area contributed by atoms with Crippen LogP contribution in [-0.2, 0) is 0 Å². The summed E-state index contributed by atoms with van der Waals surface area (Å²) in [5.74, 6) is 1.52. The summed E-state index contributed by atoms with van der Waals surface area (Å²) in [6, 6.07) is 0.286. The lowest BCUT2D eigenvalue weighted by Crippen LogP contribution is -2.52. The fourth-order valence-corrected chi connectivity index (χ4v) is 3.74. The second-order valence-corrected chi connectivity index (χ2v) is 6.64. The van der Waals surface area contributed by atoms with Crippen molar-refractivity contribution in [3.8, 4) is 0 Å². The van der Waals surface area contributed by atoms with E-state index in [1.165, 1.54) is 0 Å². The van der Waals surface area contributed by atoms with Crippen LogP contribution in [0.25, 0.3) is 0 Å². The van der Waals surface area contributed by atoms with Gasteiger partial charge in [-0.2, -0.15) is 0 Å². The van der Waals surface area contributed by atoms with Crippen molar-refractivity contribution < 1.29 is 4.79 Å². The molecule has 2 heterocycles. The topological polar surface area (TPSA) is 26.8 Å². The highest BCUT2D eigenvalue weighted by Crippen LogP contribution is 2.61. The molecular formula is C14H25N3O. The Morgan fingerprint density at radius 1 is 1.06 bits per heavy atom. The zero-order valence-corrected chi connectivity index (χ0v) is 11.9. The van der Waals surface area contributed by atoms with Gasteiger partial charge >= 0.3 is 6.03 Å². The van der Waals surface area contributed by atoms with Gasteiger partial charge in [0.25, 0.3) is 0 Å². The number of piperidine rings is 1. The lowest BCUT2D eigenvalue weighted by atomic mass is 10.1. The number of likely N-dealkylation sites (N-methyl/N-ethyl adjacent to an activating group) is 1. The molecule has 1 aliphatic carbocycles. The summed E-state index contributed by atoms with van der Waals surface area (Å²) in [5, 5.41) is 0. The van der Waals surface area contributed by atoms with Gasteiger partial charge in [0, 0.05) is 39.3 Å². The summed E-state index contributed by atoms with van der Waals surface area (Å²) in [7, 11) is 0. The van der Waals surface area contributed by atoms with Crippen molar-refractivity contribution in [2.45, 2.75) is 20.8 Å². The number of urea groups is 1. The van der Waals surface area contributed by atoms with Crippen LogP contribution in [0, 0.1) is 17.3 Å². The number of hydrogen-bond acceptors (Lipinski definition) is 2. The normalized spacial score (nSPS) is 34.6. The van der Waals surface area contributed by atoms with Gasteiger partial charge in [-0.1, -0.05) is 20.8 Å². The molecule has 3 fully saturated rings. The summed E-state index contributed by atoms with van der Waals surface area (Å²) in [6.07, 6.45) is 0. The molecule has 0 aromatic rings. The molecule has 102 valence electrons. The largest absolute Gasteiger partial charge is 0.324 e. The second kappa shape index (κ2) is 4.12. The van der Waals surface area contributed by atoms with E-state index in [1.54, 1.807) is 0 Å². The number of nitrogens with zero attached hydrogens (tertiary/aromatic N) is 3. The minimum Gasteiger partial charge on any atom is -0.324 e. The van der Waals surface area contributed by atoms with E-state index in [1.807, 2.05) is 4.90 Å². The molecule has 4 heteroatoms. The zero-order chi connectivity index (χ0) is 12.9. The minimum atomic E-state index is 0.286. The molecule has 0 spiro atoms. The smallest absolute Gasteiger partial charge is 0.320 e. The molecular weight excluding hydrogens is 226 g/mol. The maximum Gasteiger partial charge on any atom is 0.320 e. The van der Waals surface area contributed by atoms with E-state index in [9.17, 15) is 4.79 Å². The van der Waals surface area contributed by atoms with Gasteiger partial charge in [-0.05, 0) is 23.8 Å². The molecule has 2 amide bonds. The Morgan fingerprint density at radius 2 is 1.61 bits per heavy atom. The fraction of sp³-hybridized carbons (Fsp3) is 0.929. The standard InChI is InChI=1S/C14H25N3O/c1-4-15-5-7-16(8-6-15)13(18)17-9-11-12(10-17)14(11,2)3/h11-12H,4-10H2,1-3H3. The quantitative estimate of drug-likeness (QED) is 0.703. The molecule has 0 aromatic heterocycles. The Kier molecular flexibility index (Phi) is 2.81. The number of carbonyl (C=O) groups excluding carboxylic acids is 1. The van der Waals surface area contributed by atoms with Gasteiger partial charge in [0.2, 0.25) is 0 Å². The third-order valence-corrected chi connectivity index (χ3v) is 5.48. The average Bonchev–Trinajstić information content (AvgIpc) is 2.78. The Bertz CT molecular complexity index is 333. The van der Waals surface area contributed by atoms with Crippen molar-refractivity contribution in [2.24, 2.45) is 17.3 Å². The molecule has 3 aliphatic rings. The molecule has 0 N–H and O–H groups in total. The van der Waals surface area contributed by atoms with E-state index in [2.05, 4.69) is 30.6 Å². The van der Waals surface area contributed by atoms with Crippen molar-refractivity contribution in [1.29, 1.82) is 0 Å². The number of fused-ring (bicyclic) bond motifs is 1. The second-order valence-electron chi connectivity index (χ2n) is 6.64. The fourth-order valence-electron chi connectivity index (χ4n) is 3.74. The highest BCUT2D eigenvalue weighted by atomic mass is 16.2. The molecule has 4 nitrogen and oxygen atoms in total. The average molecular weight is 251 g/mol. The van der Waals surface area contributed by atoms with Crippen LogP contribution in [0.15, 0.2) is 0 Å². The van der Waals surface area contributed by atoms with Crippen molar-refractivity contribution >= 4 is 6.03 Å². The number of amides is 2. The number of piperazine rings is 1. The predicted molar refractivity (Wildman–Crippen MR) is 71.4 cm³/mol. The maximum atomic E-state index is 12.4. The lowest BCUT2D eigenvalue weighted by molar-refractivity contribution is 0.115. The number of carbonyl (C=O) groups is 1. The lowest BCUT2D eigenvalue weighted by Gasteiger charge is -2.37. The van der Waals surface area contributed by atoms with E-state index in [-0.39, 0.29) is 6.03 Å². The van der Waals surface area contributed by atoms with E-state index < -0.39 is 0 Å². The van der Waals surface area contributed by atoms with Gasteiger partial charge in [-0.3, -0.25) is 0 Å². The van der Waals surface area contributed by atoms with Gasteiger partial charge in [0.1, 0.15) is 0 Å². The van der Waals surface area contributed by atoms with Crippen LogP contribution >= 0.6 is 0 Å². The van der Waals surface area contributed by atoms with Crippen molar-refractivity contribution in [3.05, 3.63) is 0 Å². The van der Waals surface area contributed by atoms with Crippen LogP contribution in [0.4, 0.5) is 4.79 Å². The van der Waals surface area contributed by atoms with E-state index in [0.717, 1.165) is 57.6 Å². The van der Waals surface area contributed by atoms with Gasteiger partial charge in [0.05, 0.1) is 0 Å². The first-order chi connectivity index (χ1) is 8.54. The molecule has 2 saturated heterocycles. The van der Waals surface area contributed by atoms with E-state index in [4.69, 9.17) is 0 Å². The highest BCUT2D eigenvalue weighted by molar-refractivity contribution is 5.75. The molecule has 18 heavy (non-hydrogen) atoms. The summed E-state index contributed by atoms with van der Waals surface area (Å²) in [6.45, 7) is 13.8. The van der Waals surface area contributed by atoms with Crippen LogP contribution in [0.5, 0.6) is 0 Å². The molecule has 2 unspecified atom stereocenters. The van der Waals surface area contributed by atoms with Gasteiger partial charge < -0.3 is 14.7 Å². The summed E-state index contributed by atoms with van der Waals surface area (Å²) in [4.78, 5) is 18.9. The monoisotopic (exact) mass is 251 g/mol. The first-order valence-electron chi connectivity index (χ1n) is 7.30. The Balaban J connectivity index is 1.52. The first kappa shape index (κ1) is 12.3. The number of likely N-dealkylation sites (tertiary alicyclic amines) is 1. The van der Waals surface area contributed by atoms with E-state index >= 15 is 0 Å². The maximum absolute atomic E-state index is 12.4. The predicted octanol–water partition coefficient (Wildman–Crippen LogP) is 1.33. The van der Waals surface area contributed by atoms with Crippen LogP contribution in [-0.4, -0.2) is 66.5 Å². The third-order valence-electron chi connectivity index (χ3n) is 5.48. The number of rotatable bonds is 1. The number of hydrogen-bond donors (Lipinski definition) is 0.